The summed E-state index contributed by atoms with van der Waals surface area (Å²) in [6, 6.07) is 4.02. The maximum Gasteiger partial charge on any atom is 0.277 e. The number of aromatic nitrogens is 4. The van der Waals surface area contributed by atoms with Gasteiger partial charge < -0.3 is 9.84 Å². The maximum atomic E-state index is 13.9. The summed E-state index contributed by atoms with van der Waals surface area (Å²) in [5.41, 5.74) is 1.20. The van der Waals surface area contributed by atoms with Gasteiger partial charge in [-0.1, -0.05) is 18.2 Å². The third kappa shape index (κ3) is 6.39. The van der Waals surface area contributed by atoms with Crippen LogP contribution in [0.4, 0.5) is 8.78 Å². The van der Waals surface area contributed by atoms with Gasteiger partial charge in [-0.3, -0.25) is 19.3 Å². The Morgan fingerprint density at radius 1 is 1.27 bits per heavy atom. The zero-order chi connectivity index (χ0) is 27.5. The summed E-state index contributed by atoms with van der Waals surface area (Å²) in [5, 5.41) is 14.3. The number of ether oxygens (including phenoxy) is 1. The average Bonchev–Trinajstić information content (AvgIpc) is 3.20. The van der Waals surface area contributed by atoms with Crippen LogP contribution < -0.4 is 10.3 Å². The molecule has 0 saturated heterocycles. The summed E-state index contributed by atoms with van der Waals surface area (Å²) in [6.07, 6.45) is 3.98. The zero-order valence-corrected chi connectivity index (χ0v) is 22.0. The first-order valence-electron chi connectivity index (χ1n) is 11.3. The second kappa shape index (κ2) is 11.2. The largest absolute Gasteiger partial charge is 0.485 e. The van der Waals surface area contributed by atoms with Gasteiger partial charge >= 0.3 is 0 Å². The van der Waals surface area contributed by atoms with Crippen molar-refractivity contribution in [3.05, 3.63) is 92.4 Å². The van der Waals surface area contributed by atoms with Gasteiger partial charge in [0.15, 0.2) is 5.82 Å². The molecule has 3 heterocycles. The fourth-order valence-electron chi connectivity index (χ4n) is 3.48. The molecule has 0 radical (unpaired) electrons. The second-order valence-corrected chi connectivity index (χ2v) is 9.31. The molecule has 0 atom stereocenters. The second-order valence-electron chi connectivity index (χ2n) is 8.93. The SMILES string of the molecule is C=C/C(=C(C)\C=N/Cn1nc(C(C)(C)O)cc1C)n1c(C)cc(OCc2ncc(F)cc2F)c(Cl)c1=O. The highest BCUT2D eigenvalue weighted by Gasteiger charge is 2.20. The molecule has 1 N–H and O–H groups in total. The van der Waals surface area contributed by atoms with Gasteiger partial charge in [-0.25, -0.2) is 13.5 Å². The van der Waals surface area contributed by atoms with Gasteiger partial charge in [0.1, 0.15) is 41.2 Å². The quantitative estimate of drug-likeness (QED) is 0.312. The van der Waals surface area contributed by atoms with Crippen molar-refractivity contribution >= 4 is 23.5 Å². The lowest BCUT2D eigenvalue weighted by Crippen LogP contribution is -2.23. The zero-order valence-electron chi connectivity index (χ0n) is 21.2. The minimum atomic E-state index is -1.07. The van der Waals surface area contributed by atoms with Crippen LogP contribution in [0.25, 0.3) is 5.70 Å². The third-order valence-electron chi connectivity index (χ3n) is 5.50. The van der Waals surface area contributed by atoms with Crippen LogP contribution >= 0.6 is 11.6 Å². The van der Waals surface area contributed by atoms with Gasteiger partial charge in [0, 0.05) is 29.7 Å². The fraction of sp³-hybridized carbons (Fsp3) is 0.308. The standard InChI is InChI=1S/C26H28ClF2N5O3/c1-7-21(15(2)11-30-14-33-16(3)9-23(32-33)26(5,6)36)34-17(4)8-22(24(27)25(34)35)37-13-20-19(29)10-18(28)12-31-20/h7-12,36H,1,13-14H2,2-6H3/b21-15+,30-11-. The molecule has 3 aromatic heterocycles. The first kappa shape index (κ1) is 27.9. The normalized spacial score (nSPS) is 12.7. The van der Waals surface area contributed by atoms with Crippen molar-refractivity contribution < 1.29 is 18.6 Å². The molecule has 3 rings (SSSR count). The van der Waals surface area contributed by atoms with Crippen LogP contribution in [0.3, 0.4) is 0 Å². The number of pyridine rings is 2. The molecular weight excluding hydrogens is 504 g/mol. The number of allylic oxidation sites excluding steroid dienone is 3. The number of halogens is 3. The summed E-state index contributed by atoms with van der Waals surface area (Å²) in [6.45, 7) is 12.3. The smallest absolute Gasteiger partial charge is 0.277 e. The Morgan fingerprint density at radius 2 is 1.97 bits per heavy atom. The van der Waals surface area contributed by atoms with Crippen LogP contribution in [-0.2, 0) is 18.9 Å². The molecule has 0 aliphatic heterocycles. The Balaban J connectivity index is 1.86. The molecule has 8 nitrogen and oxygen atoms in total. The summed E-state index contributed by atoms with van der Waals surface area (Å²) < 4.78 is 35.5. The molecule has 0 aliphatic carbocycles. The van der Waals surface area contributed by atoms with Crippen LogP contribution in [0.5, 0.6) is 5.75 Å². The molecule has 0 amide bonds. The lowest BCUT2D eigenvalue weighted by atomic mass is 10.1. The van der Waals surface area contributed by atoms with E-state index in [0.717, 1.165) is 11.9 Å². The molecular formula is C26H28ClF2N5O3. The van der Waals surface area contributed by atoms with E-state index in [2.05, 4.69) is 21.7 Å². The van der Waals surface area contributed by atoms with Crippen LogP contribution in [0.1, 0.15) is 43.5 Å². The Bertz CT molecular complexity index is 1450. The third-order valence-corrected chi connectivity index (χ3v) is 5.84. The first-order chi connectivity index (χ1) is 17.3. The van der Waals surface area contributed by atoms with Crippen molar-refractivity contribution in [2.45, 2.75) is 53.5 Å². The van der Waals surface area contributed by atoms with E-state index in [9.17, 15) is 18.7 Å². The van der Waals surface area contributed by atoms with Crippen LogP contribution in [0.2, 0.25) is 5.02 Å². The van der Waals surface area contributed by atoms with Crippen molar-refractivity contribution in [2.75, 3.05) is 0 Å². The van der Waals surface area contributed by atoms with Gasteiger partial charge in [-0.05, 0) is 52.3 Å². The molecule has 3 aromatic rings. The maximum absolute atomic E-state index is 13.9. The number of nitrogens with zero attached hydrogens (tertiary/aromatic N) is 5. The van der Waals surface area contributed by atoms with E-state index in [4.69, 9.17) is 16.3 Å². The highest BCUT2D eigenvalue weighted by atomic mass is 35.5. The Morgan fingerprint density at radius 3 is 2.57 bits per heavy atom. The van der Waals surface area contributed by atoms with Crippen LogP contribution in [-0.4, -0.2) is 30.7 Å². The van der Waals surface area contributed by atoms with E-state index in [1.807, 2.05) is 6.92 Å². The summed E-state index contributed by atoms with van der Waals surface area (Å²) in [5.74, 6) is -1.63. The van der Waals surface area contributed by atoms with Crippen molar-refractivity contribution in [3.8, 4) is 5.75 Å². The molecule has 0 aromatic carbocycles. The summed E-state index contributed by atoms with van der Waals surface area (Å²) in [4.78, 5) is 21.2. The minimum Gasteiger partial charge on any atom is -0.485 e. The fourth-order valence-corrected chi connectivity index (χ4v) is 3.68. The van der Waals surface area contributed by atoms with Crippen molar-refractivity contribution in [1.29, 1.82) is 0 Å². The lowest BCUT2D eigenvalue weighted by molar-refractivity contribution is 0.0730. The minimum absolute atomic E-state index is 0.0393. The van der Waals surface area contributed by atoms with Crippen molar-refractivity contribution in [1.82, 2.24) is 19.3 Å². The molecule has 0 unspecified atom stereocenters. The Kier molecular flexibility index (Phi) is 8.45. The van der Waals surface area contributed by atoms with Gasteiger partial charge in [-0.15, -0.1) is 0 Å². The van der Waals surface area contributed by atoms with E-state index in [1.165, 1.54) is 16.7 Å². The van der Waals surface area contributed by atoms with Gasteiger partial charge in [0.25, 0.3) is 5.56 Å². The lowest BCUT2D eigenvalue weighted by Gasteiger charge is -2.16. The molecule has 0 saturated carbocycles. The molecule has 11 heteroatoms. The predicted molar refractivity (Wildman–Crippen MR) is 139 cm³/mol. The summed E-state index contributed by atoms with van der Waals surface area (Å²) in [7, 11) is 0. The van der Waals surface area contributed by atoms with E-state index < -0.39 is 22.8 Å². The topological polar surface area (TPSA) is 94.5 Å². The van der Waals surface area contributed by atoms with E-state index in [-0.39, 0.29) is 29.7 Å². The van der Waals surface area contributed by atoms with Crippen LogP contribution in [0.15, 0.2) is 52.4 Å². The number of aryl methyl sites for hydroxylation is 2. The van der Waals surface area contributed by atoms with E-state index in [0.29, 0.717) is 28.7 Å². The molecule has 0 bridgehead atoms. The number of hydrogen-bond acceptors (Lipinski definition) is 6. The summed E-state index contributed by atoms with van der Waals surface area (Å²) >= 11 is 6.29. The highest BCUT2D eigenvalue weighted by molar-refractivity contribution is 6.31. The molecule has 0 fully saturated rings. The molecule has 0 aliphatic rings. The van der Waals surface area contributed by atoms with Crippen molar-refractivity contribution in [2.24, 2.45) is 4.99 Å². The van der Waals surface area contributed by atoms with Gasteiger partial charge in [-0.2, -0.15) is 5.10 Å². The van der Waals surface area contributed by atoms with Crippen LogP contribution in [0, 0.1) is 25.5 Å². The van der Waals surface area contributed by atoms with E-state index >= 15 is 0 Å². The molecule has 37 heavy (non-hydrogen) atoms. The number of hydrogen-bond donors (Lipinski definition) is 1. The number of aliphatic hydroxyl groups is 1. The van der Waals surface area contributed by atoms with E-state index in [1.54, 1.807) is 44.7 Å². The molecule has 196 valence electrons. The number of rotatable bonds is 9. The monoisotopic (exact) mass is 531 g/mol. The number of aliphatic imine (C=N–C) groups is 1. The predicted octanol–water partition coefficient (Wildman–Crippen LogP) is 4.94. The molecule has 0 spiro atoms. The van der Waals surface area contributed by atoms with Gasteiger partial charge in [0.2, 0.25) is 0 Å². The average molecular weight is 532 g/mol. The first-order valence-corrected chi connectivity index (χ1v) is 11.7. The van der Waals surface area contributed by atoms with Crippen molar-refractivity contribution in [3.63, 3.8) is 0 Å². The Labute approximate surface area is 218 Å². The highest BCUT2D eigenvalue weighted by Crippen LogP contribution is 2.25. The van der Waals surface area contributed by atoms with Gasteiger partial charge in [0.05, 0.1) is 17.6 Å². The Hall–Kier alpha value is -3.63.